The number of nitrogens with zero attached hydrogens (tertiary/aromatic N) is 1. The highest BCUT2D eigenvalue weighted by molar-refractivity contribution is 6.31. The maximum absolute atomic E-state index is 12.9. The van der Waals surface area contributed by atoms with E-state index in [0.29, 0.717) is 19.8 Å². The maximum atomic E-state index is 12.9. The summed E-state index contributed by atoms with van der Waals surface area (Å²) in [7, 11) is 0. The highest BCUT2D eigenvalue weighted by Gasteiger charge is 2.26. The maximum Gasteiger partial charge on any atom is 0.227 e. The first-order valence-corrected chi connectivity index (χ1v) is 9.97. The van der Waals surface area contributed by atoms with Crippen molar-refractivity contribution in [1.82, 2.24) is 10.2 Å². The van der Waals surface area contributed by atoms with Gasteiger partial charge in [-0.25, -0.2) is 0 Å². The number of hydrogen-bond acceptors (Lipinski definition) is 3. The largest absolute Gasteiger partial charge is 0.379 e. The summed E-state index contributed by atoms with van der Waals surface area (Å²) in [6.45, 7) is 5.66. The van der Waals surface area contributed by atoms with Gasteiger partial charge in [-0.2, -0.15) is 0 Å². The molecule has 0 unspecified atom stereocenters. The Bertz CT molecular complexity index is 732. The summed E-state index contributed by atoms with van der Waals surface area (Å²) >= 11 is 6.47. The lowest BCUT2D eigenvalue weighted by molar-refractivity contribution is -0.123. The standard InChI is InChI=1S/C22H27ClN2O2/c1-2-18(17-8-4-3-5-9-17)22(26)24-16-21(25-12-14-27-15-13-25)19-10-6-7-11-20(19)23/h3-11,18,21H,2,12-16H2,1H3,(H,24,26)/t18-,21+/m0/s1. The minimum Gasteiger partial charge on any atom is -0.379 e. The number of nitrogens with one attached hydrogen (secondary N) is 1. The number of rotatable bonds is 7. The molecule has 27 heavy (non-hydrogen) atoms. The summed E-state index contributed by atoms with van der Waals surface area (Å²) in [5, 5.41) is 3.91. The number of carbonyl (C=O) groups excluding carboxylic acids is 1. The summed E-state index contributed by atoms with van der Waals surface area (Å²) in [4.78, 5) is 15.2. The quantitative estimate of drug-likeness (QED) is 0.781. The number of morpholine rings is 1. The molecule has 2 aromatic rings. The third kappa shape index (κ3) is 5.10. The van der Waals surface area contributed by atoms with E-state index in [0.717, 1.165) is 35.7 Å². The van der Waals surface area contributed by atoms with Gasteiger partial charge < -0.3 is 10.1 Å². The smallest absolute Gasteiger partial charge is 0.227 e. The molecule has 0 aromatic heterocycles. The summed E-state index contributed by atoms with van der Waals surface area (Å²) < 4.78 is 5.49. The van der Waals surface area contributed by atoms with Crippen molar-refractivity contribution in [2.24, 2.45) is 0 Å². The van der Waals surface area contributed by atoms with Crippen LogP contribution in [0.3, 0.4) is 0 Å². The van der Waals surface area contributed by atoms with E-state index >= 15 is 0 Å². The van der Waals surface area contributed by atoms with Gasteiger partial charge in [0.05, 0.1) is 25.2 Å². The normalized spacial score (nSPS) is 17.3. The van der Waals surface area contributed by atoms with Gasteiger partial charge in [-0.05, 0) is 23.6 Å². The van der Waals surface area contributed by atoms with E-state index in [1.54, 1.807) is 0 Å². The number of benzene rings is 2. The second-order valence-electron chi connectivity index (χ2n) is 6.80. The second kappa shape index (κ2) is 9.88. The van der Waals surface area contributed by atoms with Crippen LogP contribution in [0, 0.1) is 0 Å². The highest BCUT2D eigenvalue weighted by Crippen LogP contribution is 2.28. The van der Waals surface area contributed by atoms with Crippen LogP contribution in [-0.4, -0.2) is 43.7 Å². The van der Waals surface area contributed by atoms with E-state index < -0.39 is 0 Å². The van der Waals surface area contributed by atoms with E-state index in [-0.39, 0.29) is 17.9 Å². The molecule has 2 atom stereocenters. The lowest BCUT2D eigenvalue weighted by Gasteiger charge is -2.35. The predicted molar refractivity (Wildman–Crippen MR) is 109 cm³/mol. The summed E-state index contributed by atoms with van der Waals surface area (Å²) in [5.41, 5.74) is 2.10. The average molecular weight is 387 g/mol. The lowest BCUT2D eigenvalue weighted by atomic mass is 9.95. The molecule has 1 aliphatic heterocycles. The molecule has 1 amide bonds. The number of ether oxygens (including phenoxy) is 1. The third-order valence-corrected chi connectivity index (χ3v) is 5.49. The predicted octanol–water partition coefficient (Wildman–Crippen LogP) is 4.02. The van der Waals surface area contributed by atoms with E-state index in [1.165, 1.54) is 0 Å². The van der Waals surface area contributed by atoms with Crippen LogP contribution >= 0.6 is 11.6 Å². The van der Waals surface area contributed by atoms with Crippen molar-refractivity contribution < 1.29 is 9.53 Å². The Morgan fingerprint density at radius 1 is 1.11 bits per heavy atom. The Morgan fingerprint density at radius 2 is 1.78 bits per heavy atom. The van der Waals surface area contributed by atoms with Crippen molar-refractivity contribution in [2.45, 2.75) is 25.3 Å². The fourth-order valence-electron chi connectivity index (χ4n) is 3.65. The fourth-order valence-corrected chi connectivity index (χ4v) is 3.91. The Balaban J connectivity index is 1.74. The van der Waals surface area contributed by atoms with Crippen LogP contribution in [0.15, 0.2) is 54.6 Å². The molecule has 3 rings (SSSR count). The molecule has 0 bridgehead atoms. The van der Waals surface area contributed by atoms with E-state index in [4.69, 9.17) is 16.3 Å². The average Bonchev–Trinajstić information content (AvgIpc) is 2.71. The van der Waals surface area contributed by atoms with E-state index in [1.807, 2.05) is 61.5 Å². The summed E-state index contributed by atoms with van der Waals surface area (Å²) in [6.07, 6.45) is 0.768. The Kier molecular flexibility index (Phi) is 7.27. The third-order valence-electron chi connectivity index (χ3n) is 5.15. The zero-order chi connectivity index (χ0) is 19.1. The molecule has 1 heterocycles. The van der Waals surface area contributed by atoms with Gasteiger partial charge in [0, 0.05) is 24.7 Å². The molecular weight excluding hydrogens is 360 g/mol. The lowest BCUT2D eigenvalue weighted by Crippen LogP contribution is -2.44. The first-order valence-electron chi connectivity index (χ1n) is 9.59. The van der Waals surface area contributed by atoms with Crippen LogP contribution in [0.2, 0.25) is 5.02 Å². The molecule has 144 valence electrons. The number of amides is 1. The molecule has 4 nitrogen and oxygen atoms in total. The number of hydrogen-bond donors (Lipinski definition) is 1. The first-order chi connectivity index (χ1) is 13.2. The Labute approximate surface area is 166 Å². The zero-order valence-corrected chi connectivity index (χ0v) is 16.5. The second-order valence-corrected chi connectivity index (χ2v) is 7.21. The molecule has 0 saturated carbocycles. The topological polar surface area (TPSA) is 41.6 Å². The van der Waals surface area contributed by atoms with Gasteiger partial charge in [0.15, 0.2) is 0 Å². The molecular formula is C22H27ClN2O2. The van der Waals surface area contributed by atoms with Gasteiger partial charge >= 0.3 is 0 Å². The van der Waals surface area contributed by atoms with Crippen molar-refractivity contribution in [3.8, 4) is 0 Å². The molecule has 1 aliphatic rings. The molecule has 0 aliphatic carbocycles. The molecule has 5 heteroatoms. The van der Waals surface area contributed by atoms with Crippen molar-refractivity contribution in [1.29, 1.82) is 0 Å². The van der Waals surface area contributed by atoms with Crippen LogP contribution in [0.5, 0.6) is 0 Å². The van der Waals surface area contributed by atoms with Gasteiger partial charge in [-0.3, -0.25) is 9.69 Å². The summed E-state index contributed by atoms with van der Waals surface area (Å²) in [5.74, 6) is -0.0724. The van der Waals surface area contributed by atoms with Crippen LogP contribution in [0.25, 0.3) is 0 Å². The van der Waals surface area contributed by atoms with Crippen molar-refractivity contribution in [2.75, 3.05) is 32.8 Å². The molecule has 2 aromatic carbocycles. The SMILES string of the molecule is CC[C@H](C(=O)NC[C@H](c1ccccc1Cl)N1CCOCC1)c1ccccc1. The Morgan fingerprint density at radius 3 is 2.44 bits per heavy atom. The molecule has 1 N–H and O–H groups in total. The number of halogens is 1. The summed E-state index contributed by atoms with van der Waals surface area (Å²) in [6, 6.07) is 17.9. The minimum atomic E-state index is -0.136. The fraction of sp³-hybridized carbons (Fsp3) is 0.409. The molecule has 0 radical (unpaired) electrons. The zero-order valence-electron chi connectivity index (χ0n) is 15.7. The number of carbonyl (C=O) groups is 1. The van der Waals surface area contributed by atoms with Crippen molar-refractivity contribution in [3.63, 3.8) is 0 Å². The van der Waals surface area contributed by atoms with Crippen LogP contribution in [0.4, 0.5) is 0 Å². The van der Waals surface area contributed by atoms with Gasteiger partial charge in [0.25, 0.3) is 0 Å². The van der Waals surface area contributed by atoms with Crippen LogP contribution in [-0.2, 0) is 9.53 Å². The van der Waals surface area contributed by atoms with Gasteiger partial charge in [0.1, 0.15) is 0 Å². The van der Waals surface area contributed by atoms with Crippen molar-refractivity contribution in [3.05, 3.63) is 70.7 Å². The monoisotopic (exact) mass is 386 g/mol. The van der Waals surface area contributed by atoms with Crippen molar-refractivity contribution >= 4 is 17.5 Å². The molecule has 1 saturated heterocycles. The van der Waals surface area contributed by atoms with Gasteiger partial charge in [0.2, 0.25) is 5.91 Å². The van der Waals surface area contributed by atoms with Gasteiger partial charge in [-0.1, -0.05) is 67.1 Å². The molecule has 0 spiro atoms. The van der Waals surface area contributed by atoms with E-state index in [9.17, 15) is 4.79 Å². The Hall–Kier alpha value is -1.88. The minimum absolute atomic E-state index is 0.0415. The van der Waals surface area contributed by atoms with Gasteiger partial charge in [-0.15, -0.1) is 0 Å². The first kappa shape index (κ1) is 19.9. The van der Waals surface area contributed by atoms with E-state index in [2.05, 4.69) is 10.2 Å². The van der Waals surface area contributed by atoms with Crippen LogP contribution in [0.1, 0.15) is 36.4 Å². The van der Waals surface area contributed by atoms with Crippen LogP contribution < -0.4 is 5.32 Å². The molecule has 1 fully saturated rings. The highest BCUT2D eigenvalue weighted by atomic mass is 35.5.